The Hall–Kier alpha value is -3.04. The monoisotopic (exact) mass is 384 g/mol. The molecule has 0 aliphatic carbocycles. The summed E-state index contributed by atoms with van der Waals surface area (Å²) in [4.78, 5) is 14.4. The van der Waals surface area contributed by atoms with E-state index in [9.17, 15) is 18.5 Å². The zero-order valence-corrected chi connectivity index (χ0v) is 15.0. The van der Waals surface area contributed by atoms with Gasteiger partial charge in [0.15, 0.2) is 4.90 Å². The number of rotatable bonds is 4. The number of nitro benzene ring substituents is 1. The zero-order valence-electron chi connectivity index (χ0n) is 14.2. The van der Waals surface area contributed by atoms with Crippen LogP contribution >= 0.6 is 0 Å². The van der Waals surface area contributed by atoms with E-state index in [2.05, 4.69) is 4.98 Å². The number of nitrogens with zero attached hydrogens (tertiary/aromatic N) is 4. The predicted octanol–water partition coefficient (Wildman–Crippen LogP) is 2.59. The van der Waals surface area contributed by atoms with E-state index >= 15 is 0 Å². The highest BCUT2D eigenvalue weighted by atomic mass is 32.2. The van der Waals surface area contributed by atoms with Crippen LogP contribution in [0.1, 0.15) is 17.3 Å². The SMILES string of the molecule is O=[N+]([O-])c1ccccc1S(=O)(=O)N1CCn2cccc2C1c1ccncc1. The van der Waals surface area contributed by atoms with Crippen molar-refractivity contribution in [2.24, 2.45) is 0 Å². The first kappa shape index (κ1) is 17.4. The number of hydrogen-bond donors (Lipinski definition) is 0. The minimum atomic E-state index is -4.10. The van der Waals surface area contributed by atoms with E-state index in [1.807, 2.05) is 22.9 Å². The Kier molecular flexibility index (Phi) is 4.25. The molecule has 0 bridgehead atoms. The molecule has 3 heterocycles. The van der Waals surface area contributed by atoms with E-state index in [0.29, 0.717) is 6.54 Å². The van der Waals surface area contributed by atoms with Crippen LogP contribution in [0.2, 0.25) is 0 Å². The maximum atomic E-state index is 13.4. The van der Waals surface area contributed by atoms with Crippen molar-refractivity contribution in [1.82, 2.24) is 13.9 Å². The Balaban J connectivity index is 1.88. The maximum Gasteiger partial charge on any atom is 0.289 e. The van der Waals surface area contributed by atoms with Crippen molar-refractivity contribution >= 4 is 15.7 Å². The fourth-order valence-electron chi connectivity index (χ4n) is 3.46. The molecule has 27 heavy (non-hydrogen) atoms. The summed E-state index contributed by atoms with van der Waals surface area (Å²) in [6, 6.07) is 12.1. The van der Waals surface area contributed by atoms with Gasteiger partial charge in [-0.15, -0.1) is 0 Å². The van der Waals surface area contributed by atoms with Gasteiger partial charge in [-0.25, -0.2) is 8.42 Å². The number of hydrogen-bond acceptors (Lipinski definition) is 5. The van der Waals surface area contributed by atoms with Crippen LogP contribution in [0, 0.1) is 10.1 Å². The van der Waals surface area contributed by atoms with Gasteiger partial charge in [0.2, 0.25) is 0 Å². The molecule has 1 atom stereocenters. The molecular weight excluding hydrogens is 368 g/mol. The van der Waals surface area contributed by atoms with Gasteiger partial charge in [-0.2, -0.15) is 4.31 Å². The number of sulfonamides is 1. The molecule has 4 rings (SSSR count). The minimum Gasteiger partial charge on any atom is -0.348 e. The summed E-state index contributed by atoms with van der Waals surface area (Å²) < 4.78 is 30.2. The largest absolute Gasteiger partial charge is 0.348 e. The summed E-state index contributed by atoms with van der Waals surface area (Å²) in [5, 5.41) is 11.4. The van der Waals surface area contributed by atoms with Crippen molar-refractivity contribution < 1.29 is 13.3 Å². The van der Waals surface area contributed by atoms with Gasteiger partial charge < -0.3 is 4.57 Å². The Morgan fingerprint density at radius 1 is 1.04 bits per heavy atom. The number of para-hydroxylation sites is 1. The van der Waals surface area contributed by atoms with E-state index in [1.165, 1.54) is 28.6 Å². The summed E-state index contributed by atoms with van der Waals surface area (Å²) in [5.41, 5.74) is 1.15. The van der Waals surface area contributed by atoms with Crippen molar-refractivity contribution in [1.29, 1.82) is 0 Å². The number of pyridine rings is 1. The summed E-state index contributed by atoms with van der Waals surface area (Å²) in [6.07, 6.45) is 5.11. The fourth-order valence-corrected chi connectivity index (χ4v) is 5.20. The molecule has 9 heteroatoms. The highest BCUT2D eigenvalue weighted by Gasteiger charge is 2.40. The molecule has 0 amide bonds. The van der Waals surface area contributed by atoms with Gasteiger partial charge >= 0.3 is 0 Å². The van der Waals surface area contributed by atoms with Crippen LogP contribution in [0.5, 0.6) is 0 Å². The summed E-state index contributed by atoms with van der Waals surface area (Å²) in [6.45, 7) is 0.687. The van der Waals surface area contributed by atoms with Crippen molar-refractivity contribution in [2.45, 2.75) is 17.5 Å². The summed E-state index contributed by atoms with van der Waals surface area (Å²) >= 11 is 0. The average molecular weight is 384 g/mol. The molecular formula is C18H16N4O4S. The number of fused-ring (bicyclic) bond motifs is 1. The Morgan fingerprint density at radius 3 is 2.52 bits per heavy atom. The first-order chi connectivity index (χ1) is 13.0. The number of aromatic nitrogens is 2. The van der Waals surface area contributed by atoms with Crippen LogP contribution in [0.15, 0.2) is 72.0 Å². The van der Waals surface area contributed by atoms with Gasteiger partial charge in [0, 0.05) is 43.4 Å². The minimum absolute atomic E-state index is 0.211. The van der Waals surface area contributed by atoms with E-state index < -0.39 is 26.7 Å². The lowest BCUT2D eigenvalue weighted by molar-refractivity contribution is -0.387. The molecule has 0 saturated heterocycles. The molecule has 1 unspecified atom stereocenters. The summed E-state index contributed by atoms with van der Waals surface area (Å²) in [5.74, 6) is 0. The fraction of sp³-hybridized carbons (Fsp3) is 0.167. The van der Waals surface area contributed by atoms with Crippen molar-refractivity contribution in [3.63, 3.8) is 0 Å². The lowest BCUT2D eigenvalue weighted by Crippen LogP contribution is -2.42. The van der Waals surface area contributed by atoms with Gasteiger partial charge in [-0.1, -0.05) is 12.1 Å². The molecule has 0 saturated carbocycles. The quantitative estimate of drug-likeness (QED) is 0.509. The Bertz CT molecular complexity index is 1100. The molecule has 1 aliphatic heterocycles. The highest BCUT2D eigenvalue weighted by molar-refractivity contribution is 7.89. The van der Waals surface area contributed by atoms with Gasteiger partial charge in [-0.3, -0.25) is 15.1 Å². The van der Waals surface area contributed by atoms with Crippen LogP contribution < -0.4 is 0 Å². The highest BCUT2D eigenvalue weighted by Crippen LogP contribution is 2.38. The normalized spacial score (nSPS) is 17.4. The van der Waals surface area contributed by atoms with Crippen LogP contribution in [-0.2, 0) is 16.6 Å². The number of benzene rings is 1. The summed E-state index contributed by atoms with van der Waals surface area (Å²) in [7, 11) is -4.10. The molecule has 0 N–H and O–H groups in total. The maximum absolute atomic E-state index is 13.4. The van der Waals surface area contributed by atoms with E-state index in [0.717, 1.165) is 11.3 Å². The van der Waals surface area contributed by atoms with Crippen molar-refractivity contribution in [3.05, 3.63) is 88.5 Å². The molecule has 1 aliphatic rings. The lowest BCUT2D eigenvalue weighted by Gasteiger charge is -2.36. The average Bonchev–Trinajstić information content (AvgIpc) is 3.16. The van der Waals surface area contributed by atoms with Crippen molar-refractivity contribution in [3.8, 4) is 0 Å². The molecule has 0 fully saturated rings. The Labute approximate surface area is 155 Å². The molecule has 0 spiro atoms. The molecule has 1 aromatic carbocycles. The van der Waals surface area contributed by atoms with Gasteiger partial charge in [-0.05, 0) is 35.9 Å². The predicted molar refractivity (Wildman–Crippen MR) is 97.5 cm³/mol. The lowest BCUT2D eigenvalue weighted by atomic mass is 10.0. The number of nitro groups is 1. The molecule has 8 nitrogen and oxygen atoms in total. The zero-order chi connectivity index (χ0) is 19.0. The van der Waals surface area contributed by atoms with E-state index in [-0.39, 0.29) is 11.4 Å². The second-order valence-corrected chi connectivity index (χ2v) is 8.01. The van der Waals surface area contributed by atoms with E-state index in [4.69, 9.17) is 0 Å². The standard InChI is InChI=1S/C18H16N4O4S/c23-22(24)15-4-1-2-6-17(15)27(25,26)21-13-12-20-11-3-5-16(20)18(21)14-7-9-19-10-8-14/h1-11,18H,12-13H2. The molecule has 138 valence electrons. The van der Waals surface area contributed by atoms with Crippen LogP contribution in [0.4, 0.5) is 5.69 Å². The molecule has 0 radical (unpaired) electrons. The first-order valence-electron chi connectivity index (χ1n) is 8.30. The topological polar surface area (TPSA) is 98.3 Å². The second-order valence-electron chi connectivity index (χ2n) is 6.15. The molecule has 2 aromatic heterocycles. The smallest absolute Gasteiger partial charge is 0.289 e. The molecule has 3 aromatic rings. The van der Waals surface area contributed by atoms with Crippen LogP contribution in [0.3, 0.4) is 0 Å². The van der Waals surface area contributed by atoms with Gasteiger partial charge in [0.05, 0.1) is 11.0 Å². The Morgan fingerprint density at radius 2 is 1.78 bits per heavy atom. The van der Waals surface area contributed by atoms with Crippen LogP contribution in [-0.4, -0.2) is 33.7 Å². The van der Waals surface area contributed by atoms with Crippen LogP contribution in [0.25, 0.3) is 0 Å². The van der Waals surface area contributed by atoms with Gasteiger partial charge in [0.1, 0.15) is 0 Å². The van der Waals surface area contributed by atoms with E-state index in [1.54, 1.807) is 24.5 Å². The third-order valence-electron chi connectivity index (χ3n) is 4.66. The van der Waals surface area contributed by atoms with Crippen molar-refractivity contribution in [2.75, 3.05) is 6.54 Å². The van der Waals surface area contributed by atoms with Gasteiger partial charge in [0.25, 0.3) is 15.7 Å². The third-order valence-corrected chi connectivity index (χ3v) is 6.58. The second kappa shape index (κ2) is 6.60. The first-order valence-corrected chi connectivity index (χ1v) is 9.74. The third kappa shape index (κ3) is 2.90.